The van der Waals surface area contributed by atoms with Gasteiger partial charge in [-0.2, -0.15) is 10.2 Å². The number of fused-ring (bicyclic) bond motifs is 4. The van der Waals surface area contributed by atoms with E-state index in [1.165, 1.54) is 0 Å². The first-order chi connectivity index (χ1) is 17.2. The molecule has 0 N–H and O–H groups in total. The molecule has 2 aromatic carbocycles. The van der Waals surface area contributed by atoms with E-state index in [-0.39, 0.29) is 17.2 Å². The van der Waals surface area contributed by atoms with Gasteiger partial charge in [0.05, 0.1) is 0 Å². The van der Waals surface area contributed by atoms with E-state index in [1.807, 2.05) is 71.3 Å². The van der Waals surface area contributed by atoms with Crippen molar-refractivity contribution in [2.45, 2.75) is 25.5 Å². The molecule has 2 aromatic heterocycles. The van der Waals surface area contributed by atoms with E-state index in [4.69, 9.17) is 9.15 Å². The lowest BCUT2D eigenvalue weighted by Gasteiger charge is -2.42. The fourth-order valence-electron chi connectivity index (χ4n) is 5.22. The molecule has 2 bridgehead atoms. The Kier molecular flexibility index (Phi) is 5.34. The summed E-state index contributed by atoms with van der Waals surface area (Å²) in [6.45, 7) is 2.60. The predicted molar refractivity (Wildman–Crippen MR) is 131 cm³/mol. The van der Waals surface area contributed by atoms with E-state index in [1.54, 1.807) is 6.07 Å². The van der Waals surface area contributed by atoms with Crippen molar-refractivity contribution in [2.75, 3.05) is 18.0 Å². The van der Waals surface area contributed by atoms with Gasteiger partial charge >= 0.3 is 0 Å². The largest absolute Gasteiger partial charge is 0.489 e. The molecule has 1 saturated heterocycles. The molecule has 0 aliphatic carbocycles. The van der Waals surface area contributed by atoms with E-state index in [0.717, 1.165) is 35.5 Å². The van der Waals surface area contributed by atoms with Crippen molar-refractivity contribution >= 4 is 5.88 Å². The highest BCUT2D eigenvalue weighted by atomic mass is 16.5. The fourth-order valence-corrected chi connectivity index (χ4v) is 5.22. The highest BCUT2D eigenvalue weighted by Gasteiger charge is 2.36. The molecule has 0 amide bonds. The van der Waals surface area contributed by atoms with Crippen LogP contribution in [0.2, 0.25) is 0 Å². The number of nitrogens with zero attached hydrogens (tertiary/aromatic N) is 4. The third kappa shape index (κ3) is 4.08. The second kappa shape index (κ2) is 8.80. The van der Waals surface area contributed by atoms with Crippen molar-refractivity contribution in [3.8, 4) is 23.3 Å². The normalized spacial score (nSPS) is 18.5. The number of nitriles is 1. The minimum Gasteiger partial charge on any atom is -0.489 e. The number of aromatic nitrogens is 2. The number of oxazole rings is 1. The van der Waals surface area contributed by atoms with Gasteiger partial charge in [-0.1, -0.05) is 36.4 Å². The average molecular weight is 465 g/mol. The van der Waals surface area contributed by atoms with Gasteiger partial charge in [0.25, 0.3) is 5.56 Å². The van der Waals surface area contributed by atoms with Gasteiger partial charge in [-0.15, -0.1) is 0 Å². The van der Waals surface area contributed by atoms with Crippen LogP contribution in [0.1, 0.15) is 29.3 Å². The Morgan fingerprint density at radius 3 is 2.63 bits per heavy atom. The van der Waals surface area contributed by atoms with Crippen LogP contribution in [-0.4, -0.2) is 22.6 Å². The van der Waals surface area contributed by atoms with Gasteiger partial charge in [-0.3, -0.25) is 4.79 Å². The van der Waals surface area contributed by atoms with Crippen molar-refractivity contribution in [1.82, 2.24) is 9.55 Å². The molecule has 4 aromatic rings. The van der Waals surface area contributed by atoms with Gasteiger partial charge in [0.1, 0.15) is 18.4 Å². The summed E-state index contributed by atoms with van der Waals surface area (Å²) in [6, 6.07) is 25.2. The number of hydrogen-bond acceptors (Lipinski definition) is 6. The summed E-state index contributed by atoms with van der Waals surface area (Å²) in [7, 11) is 0. The highest BCUT2D eigenvalue weighted by molar-refractivity contribution is 5.60. The molecule has 174 valence electrons. The molecule has 0 radical (unpaired) electrons. The third-order valence-corrected chi connectivity index (χ3v) is 6.83. The first kappa shape index (κ1) is 21.2. The second-order valence-corrected chi connectivity index (χ2v) is 9.19. The number of hydrogen-bond donors (Lipinski definition) is 0. The minimum absolute atomic E-state index is 0.0570. The minimum atomic E-state index is 0.0570. The lowest BCUT2D eigenvalue weighted by Crippen LogP contribution is -2.47. The lowest BCUT2D eigenvalue weighted by atomic mass is 9.83. The number of benzene rings is 2. The highest BCUT2D eigenvalue weighted by Crippen LogP contribution is 2.39. The zero-order valence-corrected chi connectivity index (χ0v) is 19.1. The molecule has 7 heteroatoms. The van der Waals surface area contributed by atoms with E-state index in [0.29, 0.717) is 37.4 Å². The van der Waals surface area contributed by atoms with Crippen LogP contribution >= 0.6 is 0 Å². The molecular formula is C28H24N4O3. The summed E-state index contributed by atoms with van der Waals surface area (Å²) < 4.78 is 13.9. The molecule has 0 saturated carbocycles. The molecule has 2 atom stereocenters. The SMILES string of the molecule is N#Cc1nc(-c2ccc(OCc3ccccc3)cc2)oc1N1C[C@@H]2C[C@H](C1)c1cccc(=O)n1C2. The summed E-state index contributed by atoms with van der Waals surface area (Å²) >= 11 is 0. The number of ether oxygens (including phenoxy) is 1. The Morgan fingerprint density at radius 2 is 1.83 bits per heavy atom. The summed E-state index contributed by atoms with van der Waals surface area (Å²) in [6.07, 6.45) is 1.03. The first-order valence-corrected chi connectivity index (χ1v) is 11.8. The predicted octanol–water partition coefficient (Wildman–Crippen LogP) is 4.58. The molecule has 2 aliphatic rings. The van der Waals surface area contributed by atoms with Crippen LogP contribution in [0.5, 0.6) is 5.75 Å². The standard InChI is InChI=1S/C28H24N4O3/c29-14-24-28(31-15-20-13-22(17-31)25-7-4-8-26(33)32(25)16-20)35-27(30-24)21-9-11-23(12-10-21)34-18-19-5-2-1-3-6-19/h1-12,20,22H,13,15-18H2/t20-,22+/m0/s1. The monoisotopic (exact) mass is 464 g/mol. The Hall–Kier alpha value is -4.31. The maximum Gasteiger partial charge on any atom is 0.250 e. The molecule has 2 aliphatic heterocycles. The van der Waals surface area contributed by atoms with Gasteiger partial charge in [0, 0.05) is 42.9 Å². The van der Waals surface area contributed by atoms with Crippen LogP contribution in [0.25, 0.3) is 11.5 Å². The van der Waals surface area contributed by atoms with Crippen LogP contribution < -0.4 is 15.2 Å². The molecule has 1 fully saturated rings. The quantitative estimate of drug-likeness (QED) is 0.430. The lowest BCUT2D eigenvalue weighted by molar-refractivity contribution is 0.275. The van der Waals surface area contributed by atoms with Gasteiger partial charge in [-0.05, 0) is 48.2 Å². The Morgan fingerprint density at radius 1 is 1.00 bits per heavy atom. The molecule has 4 heterocycles. The number of pyridine rings is 1. The van der Waals surface area contributed by atoms with Crippen LogP contribution in [-0.2, 0) is 13.2 Å². The Balaban J connectivity index is 1.22. The fraction of sp³-hybridized carbons (Fsp3) is 0.250. The van der Waals surface area contributed by atoms with Crippen LogP contribution in [0.3, 0.4) is 0 Å². The molecule has 35 heavy (non-hydrogen) atoms. The van der Waals surface area contributed by atoms with E-state index in [9.17, 15) is 10.1 Å². The maximum absolute atomic E-state index is 12.3. The summed E-state index contributed by atoms with van der Waals surface area (Å²) in [4.78, 5) is 18.9. The van der Waals surface area contributed by atoms with E-state index >= 15 is 0 Å². The zero-order chi connectivity index (χ0) is 23.8. The smallest absolute Gasteiger partial charge is 0.250 e. The number of rotatable bonds is 5. The summed E-state index contributed by atoms with van der Waals surface area (Å²) in [5, 5.41) is 9.76. The van der Waals surface area contributed by atoms with Crippen molar-refractivity contribution in [3.05, 3.63) is 100 Å². The topological polar surface area (TPSA) is 84.3 Å². The third-order valence-electron chi connectivity index (χ3n) is 6.83. The number of piperidine rings is 1. The van der Waals surface area contributed by atoms with Gasteiger partial charge in [0.15, 0.2) is 0 Å². The van der Waals surface area contributed by atoms with Crippen molar-refractivity contribution in [1.29, 1.82) is 5.26 Å². The van der Waals surface area contributed by atoms with Gasteiger partial charge in [0.2, 0.25) is 17.5 Å². The Bertz CT molecular complexity index is 1450. The first-order valence-electron chi connectivity index (χ1n) is 11.8. The van der Waals surface area contributed by atoms with Crippen molar-refractivity contribution in [2.24, 2.45) is 5.92 Å². The maximum atomic E-state index is 12.3. The van der Waals surface area contributed by atoms with Gasteiger partial charge in [-0.25, -0.2) is 0 Å². The molecule has 7 nitrogen and oxygen atoms in total. The van der Waals surface area contributed by atoms with Crippen LogP contribution in [0.15, 0.2) is 82.0 Å². The number of anilines is 1. The van der Waals surface area contributed by atoms with Crippen LogP contribution in [0, 0.1) is 17.2 Å². The Labute approximate surface area is 202 Å². The van der Waals surface area contributed by atoms with Crippen molar-refractivity contribution in [3.63, 3.8) is 0 Å². The molecule has 0 spiro atoms. The molecular weight excluding hydrogens is 440 g/mol. The van der Waals surface area contributed by atoms with E-state index < -0.39 is 0 Å². The molecule has 6 rings (SSSR count). The van der Waals surface area contributed by atoms with Gasteiger partial charge < -0.3 is 18.6 Å². The van der Waals surface area contributed by atoms with Crippen molar-refractivity contribution < 1.29 is 9.15 Å². The van der Waals surface area contributed by atoms with Crippen LogP contribution in [0.4, 0.5) is 5.88 Å². The summed E-state index contributed by atoms with van der Waals surface area (Å²) in [5.41, 5.74) is 3.29. The molecule has 0 unspecified atom stereocenters. The summed E-state index contributed by atoms with van der Waals surface area (Å²) in [5.74, 6) is 2.22. The zero-order valence-electron chi connectivity index (χ0n) is 19.1. The van der Waals surface area contributed by atoms with E-state index in [2.05, 4.69) is 16.0 Å². The second-order valence-electron chi connectivity index (χ2n) is 9.19. The average Bonchev–Trinajstić information content (AvgIpc) is 3.34.